The van der Waals surface area contributed by atoms with Crippen molar-refractivity contribution in [2.24, 2.45) is 0 Å². The van der Waals surface area contributed by atoms with Gasteiger partial charge in [0.15, 0.2) is 0 Å². The molecule has 0 saturated carbocycles. The molecule has 0 heterocycles. The van der Waals surface area contributed by atoms with Gasteiger partial charge in [0.05, 0.1) is 11.5 Å². The molecule has 0 aliphatic carbocycles. The van der Waals surface area contributed by atoms with Gasteiger partial charge >= 0.3 is 0 Å². The fourth-order valence-corrected chi connectivity index (χ4v) is 4.92. The maximum atomic E-state index is 13.1. The number of nitrogens with one attached hydrogen (secondary N) is 2. The Morgan fingerprint density at radius 2 is 1.68 bits per heavy atom. The van der Waals surface area contributed by atoms with E-state index in [1.165, 1.54) is 0 Å². The SMILES string of the molecule is COCCNC(=O)[C@H](Cc1ccccc1)NS(=O)(=O)c1c(C)cc(C)cc1C. The first kappa shape index (κ1) is 22.1. The standard InChI is InChI=1S/C21H28N2O4S/c1-15-12-16(2)20(17(3)13-15)28(25,26)23-19(21(24)22-10-11-27-4)14-18-8-6-5-7-9-18/h5-9,12-13,19,23H,10-11,14H2,1-4H3,(H,22,24)/t19-/m0/s1. The third kappa shape index (κ3) is 5.89. The molecular formula is C21H28N2O4S. The summed E-state index contributed by atoms with van der Waals surface area (Å²) in [7, 11) is -2.33. The summed E-state index contributed by atoms with van der Waals surface area (Å²) in [5, 5.41) is 2.73. The summed E-state index contributed by atoms with van der Waals surface area (Å²) in [6.07, 6.45) is 0.253. The molecule has 2 rings (SSSR count). The van der Waals surface area contributed by atoms with Crippen LogP contribution in [0.4, 0.5) is 0 Å². The number of hydrogen-bond acceptors (Lipinski definition) is 4. The molecule has 7 heteroatoms. The summed E-state index contributed by atoms with van der Waals surface area (Å²) in [6.45, 7) is 6.11. The number of benzene rings is 2. The molecule has 0 unspecified atom stereocenters. The molecule has 0 bridgehead atoms. The van der Waals surface area contributed by atoms with E-state index in [-0.39, 0.29) is 17.2 Å². The summed E-state index contributed by atoms with van der Waals surface area (Å²) in [5.74, 6) is -0.383. The Morgan fingerprint density at radius 1 is 1.07 bits per heavy atom. The van der Waals surface area contributed by atoms with Gasteiger partial charge in [-0.15, -0.1) is 0 Å². The number of sulfonamides is 1. The Hall–Kier alpha value is -2.22. The first-order chi connectivity index (χ1) is 13.2. The predicted octanol–water partition coefficient (Wildman–Crippen LogP) is 2.26. The van der Waals surface area contributed by atoms with Crippen molar-refractivity contribution < 1.29 is 17.9 Å². The number of carbonyl (C=O) groups excluding carboxylic acids is 1. The zero-order valence-electron chi connectivity index (χ0n) is 16.8. The Kier molecular flexibility index (Phi) is 7.74. The molecule has 0 radical (unpaired) electrons. The highest BCUT2D eigenvalue weighted by molar-refractivity contribution is 7.89. The molecule has 2 aromatic rings. The second-order valence-electron chi connectivity index (χ2n) is 6.88. The van der Waals surface area contributed by atoms with Crippen molar-refractivity contribution in [3.63, 3.8) is 0 Å². The highest BCUT2D eigenvalue weighted by Crippen LogP contribution is 2.22. The lowest BCUT2D eigenvalue weighted by atomic mass is 10.1. The summed E-state index contributed by atoms with van der Waals surface area (Å²) < 4.78 is 33.8. The maximum absolute atomic E-state index is 13.1. The second-order valence-corrected chi connectivity index (χ2v) is 8.53. The number of aryl methyl sites for hydroxylation is 3. The minimum Gasteiger partial charge on any atom is -0.383 e. The van der Waals surface area contributed by atoms with Gasteiger partial charge in [-0.1, -0.05) is 48.0 Å². The normalized spacial score (nSPS) is 12.6. The minimum atomic E-state index is -3.88. The lowest BCUT2D eigenvalue weighted by Crippen LogP contribution is -2.48. The quantitative estimate of drug-likeness (QED) is 0.628. The molecule has 2 aromatic carbocycles. The van der Waals surface area contributed by atoms with Gasteiger partial charge in [-0.2, -0.15) is 4.72 Å². The molecule has 0 aromatic heterocycles. The summed E-state index contributed by atoms with van der Waals surface area (Å²) in [4.78, 5) is 12.9. The van der Waals surface area contributed by atoms with E-state index in [9.17, 15) is 13.2 Å². The van der Waals surface area contributed by atoms with Crippen molar-refractivity contribution in [1.29, 1.82) is 0 Å². The molecule has 0 aliphatic heterocycles. The van der Waals surface area contributed by atoms with Crippen molar-refractivity contribution in [1.82, 2.24) is 10.0 Å². The highest BCUT2D eigenvalue weighted by Gasteiger charge is 2.28. The first-order valence-electron chi connectivity index (χ1n) is 9.15. The highest BCUT2D eigenvalue weighted by atomic mass is 32.2. The average molecular weight is 405 g/mol. The van der Waals surface area contributed by atoms with Crippen molar-refractivity contribution in [2.45, 2.75) is 38.1 Å². The largest absolute Gasteiger partial charge is 0.383 e. The second kappa shape index (κ2) is 9.82. The van der Waals surface area contributed by atoms with Crippen LogP contribution in [0, 0.1) is 20.8 Å². The van der Waals surface area contributed by atoms with Gasteiger partial charge in [0.1, 0.15) is 6.04 Å². The van der Waals surface area contributed by atoms with Crippen LogP contribution in [0.15, 0.2) is 47.4 Å². The average Bonchev–Trinajstić information content (AvgIpc) is 2.60. The lowest BCUT2D eigenvalue weighted by Gasteiger charge is -2.20. The maximum Gasteiger partial charge on any atom is 0.241 e. The molecular weight excluding hydrogens is 376 g/mol. The van der Waals surface area contributed by atoms with Crippen molar-refractivity contribution >= 4 is 15.9 Å². The van der Waals surface area contributed by atoms with Gasteiger partial charge in [0.25, 0.3) is 0 Å². The van der Waals surface area contributed by atoms with Crippen LogP contribution >= 0.6 is 0 Å². The predicted molar refractivity (Wildman–Crippen MR) is 110 cm³/mol. The number of methoxy groups -OCH3 is 1. The monoisotopic (exact) mass is 404 g/mol. The number of hydrogen-bond donors (Lipinski definition) is 2. The Labute approximate surface area is 167 Å². The molecule has 0 aliphatic rings. The summed E-state index contributed by atoms with van der Waals surface area (Å²) >= 11 is 0. The minimum absolute atomic E-state index is 0.223. The van der Waals surface area contributed by atoms with E-state index in [0.29, 0.717) is 24.3 Å². The smallest absolute Gasteiger partial charge is 0.241 e. The van der Waals surface area contributed by atoms with E-state index in [2.05, 4.69) is 10.0 Å². The van der Waals surface area contributed by atoms with E-state index in [1.807, 2.05) is 49.4 Å². The molecule has 1 atom stereocenters. The van der Waals surface area contributed by atoms with Crippen LogP contribution in [0.25, 0.3) is 0 Å². The number of ether oxygens (including phenoxy) is 1. The van der Waals surface area contributed by atoms with E-state index >= 15 is 0 Å². The molecule has 0 saturated heterocycles. The van der Waals surface area contributed by atoms with Crippen LogP contribution in [0.2, 0.25) is 0 Å². The van der Waals surface area contributed by atoms with Gasteiger partial charge < -0.3 is 10.1 Å². The van der Waals surface area contributed by atoms with Gasteiger partial charge in [-0.05, 0) is 43.9 Å². The van der Waals surface area contributed by atoms with E-state index in [1.54, 1.807) is 21.0 Å². The van der Waals surface area contributed by atoms with Crippen molar-refractivity contribution in [2.75, 3.05) is 20.3 Å². The van der Waals surface area contributed by atoms with Crippen LogP contribution in [-0.4, -0.2) is 40.6 Å². The molecule has 2 N–H and O–H groups in total. The number of rotatable bonds is 9. The van der Waals surface area contributed by atoms with E-state index in [0.717, 1.165) is 11.1 Å². The summed E-state index contributed by atoms with van der Waals surface area (Å²) in [6, 6.07) is 12.1. The molecule has 28 heavy (non-hydrogen) atoms. The van der Waals surface area contributed by atoms with Gasteiger partial charge in [0.2, 0.25) is 15.9 Å². The molecule has 1 amide bonds. The van der Waals surface area contributed by atoms with Crippen LogP contribution in [0.5, 0.6) is 0 Å². The van der Waals surface area contributed by atoms with Gasteiger partial charge in [-0.3, -0.25) is 4.79 Å². The van der Waals surface area contributed by atoms with Crippen molar-refractivity contribution in [3.8, 4) is 0 Å². The molecule has 6 nitrogen and oxygen atoms in total. The van der Waals surface area contributed by atoms with E-state index < -0.39 is 16.1 Å². The zero-order chi connectivity index (χ0) is 20.7. The molecule has 0 spiro atoms. The van der Waals surface area contributed by atoms with Crippen LogP contribution in [0.1, 0.15) is 22.3 Å². The lowest BCUT2D eigenvalue weighted by molar-refractivity contribution is -0.122. The van der Waals surface area contributed by atoms with Crippen molar-refractivity contribution in [3.05, 3.63) is 64.7 Å². The van der Waals surface area contributed by atoms with Crippen LogP contribution < -0.4 is 10.0 Å². The number of carbonyl (C=O) groups is 1. The van der Waals surface area contributed by atoms with Gasteiger partial charge in [-0.25, -0.2) is 8.42 Å². The topological polar surface area (TPSA) is 84.5 Å². The fourth-order valence-electron chi connectivity index (χ4n) is 3.27. The summed E-state index contributed by atoms with van der Waals surface area (Å²) in [5.41, 5.74) is 3.17. The van der Waals surface area contributed by atoms with Gasteiger partial charge in [0, 0.05) is 13.7 Å². The fraction of sp³-hybridized carbons (Fsp3) is 0.381. The van der Waals surface area contributed by atoms with Crippen LogP contribution in [-0.2, 0) is 26.0 Å². The first-order valence-corrected chi connectivity index (χ1v) is 10.6. The Morgan fingerprint density at radius 3 is 2.25 bits per heavy atom. The Balaban J connectivity index is 2.31. The number of amides is 1. The Bertz CT molecular complexity index is 888. The third-order valence-electron chi connectivity index (χ3n) is 4.38. The molecule has 152 valence electrons. The van der Waals surface area contributed by atoms with Crippen LogP contribution in [0.3, 0.4) is 0 Å². The van der Waals surface area contributed by atoms with E-state index in [4.69, 9.17) is 4.74 Å². The zero-order valence-corrected chi connectivity index (χ0v) is 17.6. The third-order valence-corrected chi connectivity index (χ3v) is 6.15. The molecule has 0 fully saturated rings.